The largest absolute Gasteiger partial charge is 0.459 e. The SMILES string of the molecule is CN(C)c1ccc(CN(CC2CCCO2)C(=O)c2ccco2)cc1. The lowest BCUT2D eigenvalue weighted by molar-refractivity contribution is 0.0484. The summed E-state index contributed by atoms with van der Waals surface area (Å²) in [5, 5.41) is 0. The number of hydrogen-bond acceptors (Lipinski definition) is 4. The smallest absolute Gasteiger partial charge is 0.289 e. The fourth-order valence-electron chi connectivity index (χ4n) is 2.93. The van der Waals surface area contributed by atoms with E-state index in [1.807, 2.05) is 19.0 Å². The van der Waals surface area contributed by atoms with Gasteiger partial charge in [-0.25, -0.2) is 0 Å². The van der Waals surface area contributed by atoms with Gasteiger partial charge >= 0.3 is 0 Å². The number of benzene rings is 1. The number of anilines is 1. The van der Waals surface area contributed by atoms with Crippen LogP contribution in [-0.2, 0) is 11.3 Å². The van der Waals surface area contributed by atoms with E-state index in [1.54, 1.807) is 12.1 Å². The summed E-state index contributed by atoms with van der Waals surface area (Å²) in [5.41, 5.74) is 2.24. The van der Waals surface area contributed by atoms with Crippen molar-refractivity contribution >= 4 is 11.6 Å². The maximum Gasteiger partial charge on any atom is 0.289 e. The second kappa shape index (κ2) is 7.53. The molecule has 0 spiro atoms. The summed E-state index contributed by atoms with van der Waals surface area (Å²) < 4.78 is 11.0. The Morgan fingerprint density at radius 1 is 1.21 bits per heavy atom. The molecule has 3 rings (SSSR count). The molecule has 24 heavy (non-hydrogen) atoms. The van der Waals surface area contributed by atoms with Crippen molar-refractivity contribution < 1.29 is 13.9 Å². The van der Waals surface area contributed by atoms with E-state index in [0.717, 1.165) is 30.7 Å². The summed E-state index contributed by atoms with van der Waals surface area (Å²) in [6, 6.07) is 11.7. The van der Waals surface area contributed by atoms with Gasteiger partial charge < -0.3 is 19.0 Å². The number of amides is 1. The van der Waals surface area contributed by atoms with Crippen LogP contribution in [0.4, 0.5) is 5.69 Å². The van der Waals surface area contributed by atoms with E-state index in [0.29, 0.717) is 18.8 Å². The highest BCUT2D eigenvalue weighted by atomic mass is 16.5. The zero-order chi connectivity index (χ0) is 16.9. The zero-order valence-electron chi connectivity index (χ0n) is 14.3. The van der Waals surface area contributed by atoms with Crippen molar-refractivity contribution in [1.29, 1.82) is 0 Å². The first kappa shape index (κ1) is 16.6. The van der Waals surface area contributed by atoms with Crippen molar-refractivity contribution in [3.05, 3.63) is 54.0 Å². The Kier molecular flexibility index (Phi) is 5.20. The van der Waals surface area contributed by atoms with Crippen LogP contribution < -0.4 is 4.90 Å². The van der Waals surface area contributed by atoms with Gasteiger partial charge in [-0.1, -0.05) is 12.1 Å². The first-order valence-electron chi connectivity index (χ1n) is 8.34. The Hall–Kier alpha value is -2.27. The van der Waals surface area contributed by atoms with Crippen LogP contribution >= 0.6 is 0 Å². The first-order valence-corrected chi connectivity index (χ1v) is 8.34. The normalized spacial score (nSPS) is 17.0. The highest BCUT2D eigenvalue weighted by Crippen LogP contribution is 2.19. The van der Waals surface area contributed by atoms with E-state index >= 15 is 0 Å². The zero-order valence-corrected chi connectivity index (χ0v) is 14.3. The Morgan fingerprint density at radius 2 is 2.00 bits per heavy atom. The molecule has 1 aliphatic rings. The van der Waals surface area contributed by atoms with Gasteiger partial charge in [0.05, 0.1) is 12.4 Å². The van der Waals surface area contributed by atoms with Gasteiger partial charge in [-0.3, -0.25) is 4.79 Å². The molecule has 5 heteroatoms. The van der Waals surface area contributed by atoms with Crippen LogP contribution in [0.2, 0.25) is 0 Å². The van der Waals surface area contributed by atoms with Crippen LogP contribution in [0, 0.1) is 0 Å². The molecule has 5 nitrogen and oxygen atoms in total. The van der Waals surface area contributed by atoms with Crippen molar-refractivity contribution in [2.75, 3.05) is 32.1 Å². The van der Waals surface area contributed by atoms with Crippen LogP contribution in [0.5, 0.6) is 0 Å². The number of hydrogen-bond donors (Lipinski definition) is 0. The monoisotopic (exact) mass is 328 g/mol. The summed E-state index contributed by atoms with van der Waals surface area (Å²) in [4.78, 5) is 16.6. The topological polar surface area (TPSA) is 45.9 Å². The standard InChI is InChI=1S/C19H24N2O3/c1-20(2)16-9-7-15(8-10-16)13-21(14-17-5-3-11-23-17)19(22)18-6-4-12-24-18/h4,6-10,12,17H,3,5,11,13-14H2,1-2H3. The van der Waals surface area contributed by atoms with Gasteiger partial charge in [0.1, 0.15) is 0 Å². The molecule has 0 aliphatic carbocycles. The second-order valence-corrected chi connectivity index (χ2v) is 6.36. The maximum absolute atomic E-state index is 12.7. The van der Waals surface area contributed by atoms with Gasteiger partial charge in [0.2, 0.25) is 0 Å². The minimum atomic E-state index is -0.0906. The molecular weight excluding hydrogens is 304 g/mol. The van der Waals surface area contributed by atoms with Gasteiger partial charge in [-0.15, -0.1) is 0 Å². The molecule has 2 aromatic rings. The maximum atomic E-state index is 12.7. The van der Waals surface area contributed by atoms with Crippen LogP contribution in [0.25, 0.3) is 0 Å². The van der Waals surface area contributed by atoms with Crippen LogP contribution in [0.15, 0.2) is 47.1 Å². The summed E-state index contributed by atoms with van der Waals surface area (Å²) in [6.45, 7) is 1.92. The molecule has 1 aromatic heterocycles. The highest BCUT2D eigenvalue weighted by Gasteiger charge is 2.25. The molecule has 128 valence electrons. The Labute approximate surface area is 142 Å². The molecule has 0 saturated carbocycles. The number of nitrogens with zero attached hydrogens (tertiary/aromatic N) is 2. The third-order valence-electron chi connectivity index (χ3n) is 4.29. The number of carbonyl (C=O) groups excluding carboxylic acids is 1. The quantitative estimate of drug-likeness (QED) is 0.817. The fourth-order valence-corrected chi connectivity index (χ4v) is 2.93. The van der Waals surface area contributed by atoms with Gasteiger partial charge in [0, 0.05) is 39.5 Å². The molecule has 2 heterocycles. The Bertz CT molecular complexity index is 644. The Balaban J connectivity index is 1.74. The van der Waals surface area contributed by atoms with E-state index in [9.17, 15) is 4.79 Å². The average Bonchev–Trinajstić information content (AvgIpc) is 3.28. The van der Waals surface area contributed by atoms with Crippen LogP contribution in [0.1, 0.15) is 29.0 Å². The lowest BCUT2D eigenvalue weighted by atomic mass is 10.1. The van der Waals surface area contributed by atoms with Crippen LogP contribution in [-0.4, -0.2) is 44.2 Å². The number of furan rings is 1. The molecule has 0 radical (unpaired) electrons. The molecule has 1 atom stereocenters. The predicted molar refractivity (Wildman–Crippen MR) is 93.2 cm³/mol. The van der Waals surface area contributed by atoms with E-state index < -0.39 is 0 Å². The highest BCUT2D eigenvalue weighted by molar-refractivity contribution is 5.91. The molecule has 1 amide bonds. The van der Waals surface area contributed by atoms with Crippen molar-refractivity contribution in [2.45, 2.75) is 25.5 Å². The van der Waals surface area contributed by atoms with E-state index in [-0.39, 0.29) is 12.0 Å². The number of rotatable bonds is 6. The minimum Gasteiger partial charge on any atom is -0.459 e. The van der Waals surface area contributed by atoms with Gasteiger partial charge in [-0.2, -0.15) is 0 Å². The van der Waals surface area contributed by atoms with Gasteiger partial charge in [-0.05, 0) is 42.7 Å². The number of ether oxygens (including phenoxy) is 1. The lowest BCUT2D eigenvalue weighted by Gasteiger charge is -2.25. The van der Waals surface area contributed by atoms with Crippen molar-refractivity contribution in [2.24, 2.45) is 0 Å². The third-order valence-corrected chi connectivity index (χ3v) is 4.29. The lowest BCUT2D eigenvalue weighted by Crippen LogP contribution is -2.36. The van der Waals surface area contributed by atoms with Gasteiger partial charge in [0.25, 0.3) is 5.91 Å². The van der Waals surface area contributed by atoms with Crippen molar-refractivity contribution in [1.82, 2.24) is 4.90 Å². The summed E-state index contributed by atoms with van der Waals surface area (Å²) in [5.74, 6) is 0.282. The summed E-state index contributed by atoms with van der Waals surface area (Å²) >= 11 is 0. The van der Waals surface area contributed by atoms with E-state index in [4.69, 9.17) is 9.15 Å². The molecule has 1 unspecified atom stereocenters. The molecular formula is C19H24N2O3. The second-order valence-electron chi connectivity index (χ2n) is 6.36. The first-order chi connectivity index (χ1) is 11.6. The van der Waals surface area contributed by atoms with E-state index in [1.165, 1.54) is 6.26 Å². The molecule has 1 aromatic carbocycles. The number of carbonyl (C=O) groups is 1. The molecule has 1 saturated heterocycles. The predicted octanol–water partition coefficient (Wildman–Crippen LogP) is 3.17. The average molecular weight is 328 g/mol. The van der Waals surface area contributed by atoms with E-state index in [2.05, 4.69) is 29.2 Å². The third kappa shape index (κ3) is 3.97. The molecule has 0 N–H and O–H groups in total. The van der Waals surface area contributed by atoms with Gasteiger partial charge in [0.15, 0.2) is 5.76 Å². The Morgan fingerprint density at radius 3 is 2.58 bits per heavy atom. The molecule has 0 bridgehead atoms. The van der Waals surface area contributed by atoms with Crippen molar-refractivity contribution in [3.8, 4) is 0 Å². The summed E-state index contributed by atoms with van der Waals surface area (Å²) in [6.07, 6.45) is 3.71. The minimum absolute atomic E-state index is 0.0906. The van der Waals surface area contributed by atoms with Crippen molar-refractivity contribution in [3.63, 3.8) is 0 Å². The molecule has 1 fully saturated rings. The van der Waals surface area contributed by atoms with Crippen LogP contribution in [0.3, 0.4) is 0 Å². The fraction of sp³-hybridized carbons (Fsp3) is 0.421. The summed E-state index contributed by atoms with van der Waals surface area (Å²) in [7, 11) is 4.03. The molecule has 1 aliphatic heterocycles.